The van der Waals surface area contributed by atoms with Gasteiger partial charge in [0.05, 0.1) is 9.67 Å². The molecule has 0 spiro atoms. The molecule has 1 aromatic heterocycles. The van der Waals surface area contributed by atoms with Gasteiger partial charge in [-0.05, 0) is 35.8 Å². The summed E-state index contributed by atoms with van der Waals surface area (Å²) in [5, 5.41) is 0. The average molecular weight is 415 g/mol. The summed E-state index contributed by atoms with van der Waals surface area (Å²) in [5.74, 6) is 0.0970. The Labute approximate surface area is 132 Å². The summed E-state index contributed by atoms with van der Waals surface area (Å²) in [4.78, 5) is 0.379. The molecule has 10 heteroatoms. The molecular formula is C10H12BrClF3NO2S2. The van der Waals surface area contributed by atoms with Crippen molar-refractivity contribution in [1.29, 1.82) is 0 Å². The molecule has 0 saturated carbocycles. The maximum atomic E-state index is 12.5. The molecule has 1 aromatic rings. The van der Waals surface area contributed by atoms with E-state index in [2.05, 4.69) is 15.9 Å². The second kappa shape index (κ2) is 6.51. The lowest BCUT2D eigenvalue weighted by Crippen LogP contribution is -2.43. The van der Waals surface area contributed by atoms with Crippen molar-refractivity contribution < 1.29 is 21.6 Å². The van der Waals surface area contributed by atoms with Crippen molar-refractivity contribution >= 4 is 48.9 Å². The first kappa shape index (κ1) is 18.2. The molecule has 0 unspecified atom stereocenters. The second-order valence-corrected chi connectivity index (χ2v) is 8.82. The van der Waals surface area contributed by atoms with Crippen LogP contribution in [0.3, 0.4) is 0 Å². The minimum Gasteiger partial charge on any atom is -0.207 e. The maximum absolute atomic E-state index is 12.5. The van der Waals surface area contributed by atoms with E-state index < -0.39 is 28.8 Å². The smallest absolute Gasteiger partial charge is 0.207 e. The van der Waals surface area contributed by atoms with E-state index in [1.165, 1.54) is 19.9 Å². The molecule has 0 atom stereocenters. The van der Waals surface area contributed by atoms with E-state index in [0.717, 1.165) is 11.3 Å². The highest BCUT2D eigenvalue weighted by Gasteiger charge is 2.39. The summed E-state index contributed by atoms with van der Waals surface area (Å²) in [6, 6.07) is 0.482. The van der Waals surface area contributed by atoms with Crippen molar-refractivity contribution in [2.75, 3.05) is 6.54 Å². The Morgan fingerprint density at radius 2 is 2.00 bits per heavy atom. The number of halogens is 5. The lowest BCUT2D eigenvalue weighted by Gasteiger charge is -2.26. The van der Waals surface area contributed by atoms with Gasteiger partial charge in [0.1, 0.15) is 11.4 Å². The van der Waals surface area contributed by atoms with Crippen molar-refractivity contribution in [3.8, 4) is 0 Å². The van der Waals surface area contributed by atoms with Crippen molar-refractivity contribution in [2.24, 2.45) is 0 Å². The van der Waals surface area contributed by atoms with Crippen LogP contribution in [0.2, 0.25) is 0 Å². The minimum absolute atomic E-state index is 0.0970. The van der Waals surface area contributed by atoms with Crippen LogP contribution in [-0.2, 0) is 15.9 Å². The first-order valence-corrected chi connectivity index (χ1v) is 9.00. The summed E-state index contributed by atoms with van der Waals surface area (Å²) >= 11 is 9.76. The zero-order valence-corrected chi connectivity index (χ0v) is 14.5. The van der Waals surface area contributed by atoms with Gasteiger partial charge >= 0.3 is 6.18 Å². The van der Waals surface area contributed by atoms with E-state index in [4.69, 9.17) is 11.6 Å². The standard InChI is InChI=1S/C10H12BrClF3NO2S2/c1-6(2)16(5-10(13,14)15)20(17,18)8-3-7(4-12)19-9(8)11/h3,6H,4-5H2,1-2H3. The summed E-state index contributed by atoms with van der Waals surface area (Å²) in [5.41, 5.74) is 0. The van der Waals surface area contributed by atoms with E-state index >= 15 is 0 Å². The Morgan fingerprint density at radius 3 is 2.35 bits per heavy atom. The van der Waals surface area contributed by atoms with Gasteiger partial charge in [-0.3, -0.25) is 0 Å². The SMILES string of the molecule is CC(C)N(CC(F)(F)F)S(=O)(=O)c1cc(CCl)sc1Br. The number of thiophene rings is 1. The van der Waals surface area contributed by atoms with Gasteiger partial charge in [-0.1, -0.05) is 0 Å². The average Bonchev–Trinajstić information content (AvgIpc) is 2.66. The maximum Gasteiger partial charge on any atom is 0.402 e. The third-order valence-electron chi connectivity index (χ3n) is 2.34. The Hall–Kier alpha value is 0.170. The van der Waals surface area contributed by atoms with Crippen LogP contribution in [0, 0.1) is 0 Å². The van der Waals surface area contributed by atoms with Crippen LogP contribution in [-0.4, -0.2) is 31.5 Å². The predicted octanol–water partition coefficient (Wildman–Crippen LogP) is 4.21. The van der Waals surface area contributed by atoms with Gasteiger partial charge in [-0.2, -0.15) is 17.5 Å². The summed E-state index contributed by atoms with van der Waals surface area (Å²) < 4.78 is 63.0. The van der Waals surface area contributed by atoms with E-state index in [0.29, 0.717) is 9.18 Å². The molecule has 0 fully saturated rings. The highest BCUT2D eigenvalue weighted by Crippen LogP contribution is 2.35. The van der Waals surface area contributed by atoms with Crippen molar-refractivity contribution in [1.82, 2.24) is 4.31 Å². The highest BCUT2D eigenvalue weighted by molar-refractivity contribution is 9.11. The first-order valence-electron chi connectivity index (χ1n) is 5.42. The van der Waals surface area contributed by atoms with Crippen LogP contribution in [0.1, 0.15) is 18.7 Å². The fourth-order valence-corrected chi connectivity index (χ4v) is 5.83. The van der Waals surface area contributed by atoms with Crippen LogP contribution in [0.25, 0.3) is 0 Å². The van der Waals surface area contributed by atoms with Crippen molar-refractivity contribution in [3.05, 3.63) is 14.7 Å². The lowest BCUT2D eigenvalue weighted by atomic mass is 10.4. The molecule has 1 rings (SSSR count). The Kier molecular flexibility index (Phi) is 5.93. The van der Waals surface area contributed by atoms with E-state index in [1.807, 2.05) is 0 Å². The molecule has 20 heavy (non-hydrogen) atoms. The van der Waals surface area contributed by atoms with Gasteiger partial charge in [0.25, 0.3) is 0 Å². The predicted molar refractivity (Wildman–Crippen MR) is 76.7 cm³/mol. The quantitative estimate of drug-likeness (QED) is 0.677. The van der Waals surface area contributed by atoms with Crippen LogP contribution in [0.4, 0.5) is 13.2 Å². The number of hydrogen-bond acceptors (Lipinski definition) is 3. The van der Waals surface area contributed by atoms with E-state index in [1.54, 1.807) is 0 Å². The van der Waals surface area contributed by atoms with Gasteiger partial charge < -0.3 is 0 Å². The largest absolute Gasteiger partial charge is 0.402 e. The van der Waals surface area contributed by atoms with Gasteiger partial charge in [0, 0.05) is 10.9 Å². The molecule has 0 aromatic carbocycles. The van der Waals surface area contributed by atoms with Gasteiger partial charge in [0.2, 0.25) is 10.0 Å². The molecule has 0 N–H and O–H groups in total. The summed E-state index contributed by atoms with van der Waals surface area (Å²) in [6.07, 6.45) is -4.60. The lowest BCUT2D eigenvalue weighted by molar-refractivity contribution is -0.138. The summed E-state index contributed by atoms with van der Waals surface area (Å²) in [6.45, 7) is 1.27. The van der Waals surface area contributed by atoms with Crippen LogP contribution >= 0.6 is 38.9 Å². The second-order valence-electron chi connectivity index (χ2n) is 4.24. The van der Waals surface area contributed by atoms with Gasteiger partial charge in [0.15, 0.2) is 0 Å². The zero-order chi connectivity index (χ0) is 15.7. The molecule has 3 nitrogen and oxygen atoms in total. The van der Waals surface area contributed by atoms with Gasteiger partial charge in [-0.25, -0.2) is 8.42 Å². The van der Waals surface area contributed by atoms with Crippen molar-refractivity contribution in [3.63, 3.8) is 0 Å². The third kappa shape index (κ3) is 4.33. The normalized spacial score (nSPS) is 13.4. The molecular weight excluding hydrogens is 403 g/mol. The molecule has 0 radical (unpaired) electrons. The van der Waals surface area contributed by atoms with Crippen molar-refractivity contribution in [2.45, 2.75) is 36.8 Å². The molecule has 0 aliphatic rings. The zero-order valence-electron chi connectivity index (χ0n) is 10.5. The van der Waals surface area contributed by atoms with Gasteiger partial charge in [-0.15, -0.1) is 22.9 Å². The fraction of sp³-hybridized carbons (Fsp3) is 0.600. The van der Waals surface area contributed by atoms with Crippen LogP contribution < -0.4 is 0 Å². The van der Waals surface area contributed by atoms with E-state index in [9.17, 15) is 21.6 Å². The summed E-state index contributed by atoms with van der Waals surface area (Å²) in [7, 11) is -4.24. The first-order chi connectivity index (χ1) is 8.99. The number of sulfonamides is 1. The number of alkyl halides is 4. The van der Waals surface area contributed by atoms with Crippen LogP contribution in [0.5, 0.6) is 0 Å². The monoisotopic (exact) mass is 413 g/mol. The Balaban J connectivity index is 3.26. The number of rotatable bonds is 5. The molecule has 0 bridgehead atoms. The number of hydrogen-bond donors (Lipinski definition) is 0. The molecule has 0 aliphatic carbocycles. The Morgan fingerprint density at radius 1 is 1.45 bits per heavy atom. The van der Waals surface area contributed by atoms with E-state index in [-0.39, 0.29) is 14.6 Å². The minimum atomic E-state index is -4.60. The third-order valence-corrected chi connectivity index (χ3v) is 7.06. The van der Waals surface area contributed by atoms with Crippen LogP contribution in [0.15, 0.2) is 14.7 Å². The fourth-order valence-electron chi connectivity index (χ4n) is 1.49. The Bertz CT molecular complexity index is 572. The number of nitrogens with zero attached hydrogens (tertiary/aromatic N) is 1. The highest BCUT2D eigenvalue weighted by atomic mass is 79.9. The molecule has 0 saturated heterocycles. The molecule has 1 heterocycles. The molecule has 0 amide bonds. The topological polar surface area (TPSA) is 37.4 Å². The molecule has 0 aliphatic heterocycles. The molecule has 116 valence electrons.